The summed E-state index contributed by atoms with van der Waals surface area (Å²) in [6.07, 6.45) is 2.47. The van der Waals surface area contributed by atoms with Gasteiger partial charge in [-0.05, 0) is 23.8 Å². The van der Waals surface area contributed by atoms with Crippen molar-refractivity contribution in [2.24, 2.45) is 0 Å². The summed E-state index contributed by atoms with van der Waals surface area (Å²) in [5.74, 6) is -1.03. The Morgan fingerprint density at radius 2 is 1.67 bits per heavy atom. The number of carbonyl (C=O) groups is 2. The van der Waals surface area contributed by atoms with Crippen LogP contribution in [-0.4, -0.2) is 58.5 Å². The number of nitrogens with one attached hydrogen (secondary N) is 1. The number of carboxylic acids is 1. The molecule has 0 saturated carbocycles. The second kappa shape index (κ2) is 8.72. The summed E-state index contributed by atoms with van der Waals surface area (Å²) in [6.45, 7) is -0.115. The van der Waals surface area contributed by atoms with E-state index in [9.17, 15) is 9.59 Å². The molecule has 4 N–H and O–H groups in total. The molecule has 0 aliphatic carbocycles. The van der Waals surface area contributed by atoms with Crippen LogP contribution in [0.1, 0.15) is 5.56 Å². The van der Waals surface area contributed by atoms with Crippen molar-refractivity contribution in [2.75, 3.05) is 31.6 Å². The first-order valence-electron chi connectivity index (χ1n) is 6.35. The highest BCUT2D eigenvalue weighted by atomic mass is 16.4. The molecule has 1 rings (SSSR count). The lowest BCUT2D eigenvalue weighted by Gasteiger charge is -2.21. The Morgan fingerprint density at radius 3 is 2.14 bits per heavy atom. The molecule has 21 heavy (non-hydrogen) atoms. The summed E-state index contributed by atoms with van der Waals surface area (Å²) in [7, 11) is 0. The number of anilines is 1. The third kappa shape index (κ3) is 6.07. The average Bonchev–Trinajstić information content (AvgIpc) is 2.46. The molecule has 0 aromatic heterocycles. The summed E-state index contributed by atoms with van der Waals surface area (Å²) in [4.78, 5) is 23.6. The van der Waals surface area contributed by atoms with Gasteiger partial charge in [-0.2, -0.15) is 0 Å². The van der Waals surface area contributed by atoms with Gasteiger partial charge >= 0.3 is 12.0 Å². The van der Waals surface area contributed by atoms with Crippen molar-refractivity contribution in [1.82, 2.24) is 4.90 Å². The molecular weight excluding hydrogens is 276 g/mol. The number of carbonyl (C=O) groups excluding carboxylic acids is 1. The summed E-state index contributed by atoms with van der Waals surface area (Å²) in [5, 5.41) is 28.9. The third-order valence-corrected chi connectivity index (χ3v) is 2.61. The highest BCUT2D eigenvalue weighted by Gasteiger charge is 2.12. The van der Waals surface area contributed by atoms with E-state index in [1.807, 2.05) is 0 Å². The smallest absolute Gasteiger partial charge is 0.328 e. The summed E-state index contributed by atoms with van der Waals surface area (Å²) in [6, 6.07) is 6.17. The number of urea groups is 1. The summed E-state index contributed by atoms with van der Waals surface area (Å²) in [5.41, 5.74) is 1.23. The van der Waals surface area contributed by atoms with Gasteiger partial charge in [-0.15, -0.1) is 0 Å². The number of rotatable bonds is 7. The normalized spacial score (nSPS) is 10.6. The molecule has 2 amide bonds. The highest BCUT2D eigenvalue weighted by Crippen LogP contribution is 2.11. The lowest BCUT2D eigenvalue weighted by molar-refractivity contribution is -0.131. The molecule has 0 aliphatic rings. The molecule has 0 heterocycles. The monoisotopic (exact) mass is 294 g/mol. The molecular formula is C14H18N2O5. The Hall–Kier alpha value is -2.38. The zero-order valence-electron chi connectivity index (χ0n) is 11.4. The predicted molar refractivity (Wildman–Crippen MR) is 77.9 cm³/mol. The Labute approximate surface area is 122 Å². The maximum absolute atomic E-state index is 11.9. The van der Waals surface area contributed by atoms with Crippen molar-refractivity contribution in [3.05, 3.63) is 35.9 Å². The van der Waals surface area contributed by atoms with E-state index in [1.165, 1.54) is 11.0 Å². The van der Waals surface area contributed by atoms with Crippen molar-refractivity contribution in [2.45, 2.75) is 0 Å². The van der Waals surface area contributed by atoms with E-state index in [2.05, 4.69) is 5.32 Å². The fraction of sp³-hybridized carbons (Fsp3) is 0.286. The molecule has 0 unspecified atom stereocenters. The minimum atomic E-state index is -1.03. The Bertz CT molecular complexity index is 493. The lowest BCUT2D eigenvalue weighted by atomic mass is 10.2. The van der Waals surface area contributed by atoms with Gasteiger partial charge in [0.15, 0.2) is 0 Å². The Balaban J connectivity index is 2.65. The average molecular weight is 294 g/mol. The van der Waals surface area contributed by atoms with Gasteiger partial charge in [0.1, 0.15) is 0 Å². The zero-order valence-corrected chi connectivity index (χ0v) is 11.4. The molecule has 0 fully saturated rings. The van der Waals surface area contributed by atoms with E-state index in [0.29, 0.717) is 11.3 Å². The quantitative estimate of drug-likeness (QED) is 0.551. The van der Waals surface area contributed by atoms with E-state index in [-0.39, 0.29) is 26.3 Å². The van der Waals surface area contributed by atoms with Gasteiger partial charge in [-0.3, -0.25) is 0 Å². The molecule has 1 aromatic rings. The van der Waals surface area contributed by atoms with Crippen molar-refractivity contribution >= 4 is 23.8 Å². The molecule has 0 spiro atoms. The van der Waals surface area contributed by atoms with Gasteiger partial charge in [-0.25, -0.2) is 9.59 Å². The summed E-state index contributed by atoms with van der Waals surface area (Å²) < 4.78 is 0. The SMILES string of the molecule is O=C(O)/C=C/c1ccc(NC(=O)N(CCO)CCO)cc1. The van der Waals surface area contributed by atoms with E-state index in [4.69, 9.17) is 15.3 Å². The number of hydrogen-bond acceptors (Lipinski definition) is 4. The number of amides is 2. The molecule has 0 bridgehead atoms. The van der Waals surface area contributed by atoms with Crippen LogP contribution >= 0.6 is 0 Å². The number of hydrogen-bond donors (Lipinski definition) is 4. The van der Waals surface area contributed by atoms with Crippen LogP contribution in [0, 0.1) is 0 Å². The van der Waals surface area contributed by atoms with Crippen LogP contribution < -0.4 is 5.32 Å². The number of nitrogens with zero attached hydrogens (tertiary/aromatic N) is 1. The number of carboxylic acid groups (broad SMARTS) is 1. The highest BCUT2D eigenvalue weighted by molar-refractivity contribution is 5.89. The summed E-state index contributed by atoms with van der Waals surface area (Å²) >= 11 is 0. The molecule has 114 valence electrons. The number of aliphatic hydroxyl groups excluding tert-OH is 2. The first-order valence-corrected chi connectivity index (χ1v) is 6.35. The van der Waals surface area contributed by atoms with Crippen LogP contribution in [0.2, 0.25) is 0 Å². The van der Waals surface area contributed by atoms with E-state index < -0.39 is 12.0 Å². The van der Waals surface area contributed by atoms with Crippen molar-refractivity contribution in [3.63, 3.8) is 0 Å². The van der Waals surface area contributed by atoms with Gasteiger partial charge in [-0.1, -0.05) is 12.1 Å². The molecule has 0 saturated heterocycles. The van der Waals surface area contributed by atoms with Gasteiger partial charge < -0.3 is 25.5 Å². The number of aliphatic carboxylic acids is 1. The van der Waals surface area contributed by atoms with Gasteiger partial charge in [0.2, 0.25) is 0 Å². The van der Waals surface area contributed by atoms with Crippen LogP contribution in [0.15, 0.2) is 30.3 Å². The van der Waals surface area contributed by atoms with Crippen LogP contribution in [0.4, 0.5) is 10.5 Å². The van der Waals surface area contributed by atoms with Crippen molar-refractivity contribution in [3.8, 4) is 0 Å². The van der Waals surface area contributed by atoms with E-state index >= 15 is 0 Å². The molecule has 0 radical (unpaired) electrons. The minimum Gasteiger partial charge on any atom is -0.478 e. The Morgan fingerprint density at radius 1 is 1.10 bits per heavy atom. The van der Waals surface area contributed by atoms with E-state index in [0.717, 1.165) is 6.08 Å². The van der Waals surface area contributed by atoms with Crippen LogP contribution in [-0.2, 0) is 4.79 Å². The lowest BCUT2D eigenvalue weighted by Crippen LogP contribution is -2.38. The molecule has 0 aliphatic heterocycles. The van der Waals surface area contributed by atoms with Gasteiger partial charge in [0.05, 0.1) is 13.2 Å². The second-order valence-electron chi connectivity index (χ2n) is 4.16. The number of benzene rings is 1. The number of aliphatic hydroxyl groups is 2. The van der Waals surface area contributed by atoms with Crippen molar-refractivity contribution in [1.29, 1.82) is 0 Å². The van der Waals surface area contributed by atoms with Crippen molar-refractivity contribution < 1.29 is 24.9 Å². The fourth-order valence-corrected chi connectivity index (χ4v) is 1.60. The first-order chi connectivity index (χ1) is 10.1. The topological polar surface area (TPSA) is 110 Å². The largest absolute Gasteiger partial charge is 0.478 e. The molecule has 7 nitrogen and oxygen atoms in total. The zero-order chi connectivity index (χ0) is 15.7. The molecule has 1 aromatic carbocycles. The fourth-order valence-electron chi connectivity index (χ4n) is 1.60. The van der Waals surface area contributed by atoms with Gasteiger partial charge in [0, 0.05) is 24.9 Å². The molecule has 7 heteroatoms. The minimum absolute atomic E-state index is 0.131. The second-order valence-corrected chi connectivity index (χ2v) is 4.16. The van der Waals surface area contributed by atoms with Crippen LogP contribution in [0.5, 0.6) is 0 Å². The standard InChI is InChI=1S/C14H18N2O5/c17-9-7-16(8-10-18)14(21)15-12-4-1-11(2-5-12)3-6-13(19)20/h1-6,17-18H,7-10H2,(H,15,21)(H,19,20)/b6-3+. The van der Waals surface area contributed by atoms with Gasteiger partial charge in [0.25, 0.3) is 0 Å². The van der Waals surface area contributed by atoms with Crippen LogP contribution in [0.25, 0.3) is 6.08 Å². The third-order valence-electron chi connectivity index (χ3n) is 2.61. The van der Waals surface area contributed by atoms with E-state index in [1.54, 1.807) is 24.3 Å². The predicted octanol–water partition coefficient (Wildman–Crippen LogP) is 0.603. The molecule has 0 atom stereocenters. The maximum Gasteiger partial charge on any atom is 0.328 e. The Kier molecular flexibility index (Phi) is 6.93. The van der Waals surface area contributed by atoms with Crippen LogP contribution in [0.3, 0.4) is 0 Å². The maximum atomic E-state index is 11.9. The first kappa shape index (κ1) is 16.7.